The van der Waals surface area contributed by atoms with Crippen LogP contribution in [0.1, 0.15) is 28.8 Å². The van der Waals surface area contributed by atoms with E-state index in [-0.39, 0.29) is 4.90 Å². The molecule has 134 valence electrons. The van der Waals surface area contributed by atoms with Gasteiger partial charge in [-0.3, -0.25) is 0 Å². The fraction of sp³-hybridized carbons (Fsp3) is 0.143. The number of hydrogen-bond donors (Lipinski definition) is 2. The summed E-state index contributed by atoms with van der Waals surface area (Å²) in [4.78, 5) is 0.226. The fourth-order valence-corrected chi connectivity index (χ4v) is 4.08. The van der Waals surface area contributed by atoms with E-state index in [1.54, 1.807) is 24.3 Å². The summed E-state index contributed by atoms with van der Waals surface area (Å²) >= 11 is 0. The van der Waals surface area contributed by atoms with Crippen LogP contribution in [-0.2, 0) is 10.0 Å². The fourth-order valence-electron chi connectivity index (χ4n) is 2.83. The second-order valence-electron chi connectivity index (χ2n) is 6.26. The SMILES string of the molecule is Cc1ccc(S(=O)(=O)N[C@@H](c2ccccc2)C(N)c2ccccc2)cc1. The van der Waals surface area contributed by atoms with Crippen molar-refractivity contribution in [3.63, 3.8) is 0 Å². The minimum Gasteiger partial charge on any atom is -0.322 e. The van der Waals surface area contributed by atoms with Gasteiger partial charge in [0.25, 0.3) is 0 Å². The first kappa shape index (κ1) is 18.3. The summed E-state index contributed by atoms with van der Waals surface area (Å²) in [6, 6.07) is 24.6. The van der Waals surface area contributed by atoms with E-state index >= 15 is 0 Å². The number of benzene rings is 3. The van der Waals surface area contributed by atoms with E-state index in [0.29, 0.717) is 0 Å². The van der Waals surface area contributed by atoms with Gasteiger partial charge in [0, 0.05) is 0 Å². The summed E-state index contributed by atoms with van der Waals surface area (Å²) in [5.41, 5.74) is 9.15. The minimum absolute atomic E-state index is 0.226. The zero-order chi connectivity index (χ0) is 18.6. The van der Waals surface area contributed by atoms with Gasteiger partial charge in [-0.25, -0.2) is 13.1 Å². The number of rotatable bonds is 6. The van der Waals surface area contributed by atoms with Gasteiger partial charge < -0.3 is 5.73 Å². The van der Waals surface area contributed by atoms with Crippen molar-refractivity contribution in [3.8, 4) is 0 Å². The zero-order valence-electron chi connectivity index (χ0n) is 14.5. The molecule has 1 unspecified atom stereocenters. The van der Waals surface area contributed by atoms with Gasteiger partial charge in [-0.1, -0.05) is 78.4 Å². The molecule has 0 saturated heterocycles. The predicted octanol–water partition coefficient (Wildman–Crippen LogP) is 3.71. The van der Waals surface area contributed by atoms with Crippen LogP contribution in [0.4, 0.5) is 0 Å². The van der Waals surface area contributed by atoms with E-state index < -0.39 is 22.1 Å². The Morgan fingerprint density at radius 3 is 1.81 bits per heavy atom. The average molecular weight is 366 g/mol. The maximum absolute atomic E-state index is 12.9. The van der Waals surface area contributed by atoms with Crippen LogP contribution < -0.4 is 10.5 Å². The maximum atomic E-state index is 12.9. The van der Waals surface area contributed by atoms with Gasteiger partial charge in [0.15, 0.2) is 0 Å². The molecule has 3 aromatic carbocycles. The van der Waals surface area contributed by atoms with Crippen molar-refractivity contribution in [1.82, 2.24) is 4.72 Å². The summed E-state index contributed by atoms with van der Waals surface area (Å²) in [6.07, 6.45) is 0. The molecule has 3 aromatic rings. The number of sulfonamides is 1. The molecule has 0 spiro atoms. The molecular weight excluding hydrogens is 344 g/mol. The highest BCUT2D eigenvalue weighted by atomic mass is 32.2. The second kappa shape index (κ2) is 7.83. The molecule has 0 saturated carbocycles. The lowest BCUT2D eigenvalue weighted by molar-refractivity contribution is 0.504. The average Bonchev–Trinajstić information content (AvgIpc) is 2.67. The molecule has 3 N–H and O–H groups in total. The Labute approximate surface area is 154 Å². The van der Waals surface area contributed by atoms with E-state index in [9.17, 15) is 8.42 Å². The van der Waals surface area contributed by atoms with Crippen molar-refractivity contribution < 1.29 is 8.42 Å². The van der Waals surface area contributed by atoms with Gasteiger partial charge in [0.05, 0.1) is 17.0 Å². The summed E-state index contributed by atoms with van der Waals surface area (Å²) in [5, 5.41) is 0. The van der Waals surface area contributed by atoms with Crippen LogP contribution in [0.25, 0.3) is 0 Å². The largest absolute Gasteiger partial charge is 0.322 e. The van der Waals surface area contributed by atoms with Crippen LogP contribution in [0.15, 0.2) is 89.8 Å². The van der Waals surface area contributed by atoms with Gasteiger partial charge in [-0.2, -0.15) is 0 Å². The Kier molecular flexibility index (Phi) is 5.52. The highest BCUT2D eigenvalue weighted by Crippen LogP contribution is 2.28. The Morgan fingerprint density at radius 2 is 1.27 bits per heavy atom. The van der Waals surface area contributed by atoms with E-state index in [2.05, 4.69) is 4.72 Å². The lowest BCUT2D eigenvalue weighted by Crippen LogP contribution is -2.36. The molecular formula is C21H22N2O2S. The Hall–Kier alpha value is -2.47. The van der Waals surface area contributed by atoms with E-state index in [0.717, 1.165) is 16.7 Å². The first-order chi connectivity index (χ1) is 12.5. The predicted molar refractivity (Wildman–Crippen MR) is 104 cm³/mol. The van der Waals surface area contributed by atoms with Crippen molar-refractivity contribution in [2.75, 3.05) is 0 Å². The molecule has 0 aliphatic rings. The van der Waals surface area contributed by atoms with E-state index in [1.165, 1.54) is 0 Å². The van der Waals surface area contributed by atoms with Crippen LogP contribution in [-0.4, -0.2) is 8.42 Å². The first-order valence-corrected chi connectivity index (χ1v) is 9.90. The molecule has 0 fully saturated rings. The smallest absolute Gasteiger partial charge is 0.241 e. The van der Waals surface area contributed by atoms with Crippen molar-refractivity contribution in [3.05, 3.63) is 102 Å². The van der Waals surface area contributed by atoms with E-state index in [1.807, 2.05) is 67.6 Å². The normalized spacial score (nSPS) is 13.9. The topological polar surface area (TPSA) is 72.2 Å². The molecule has 26 heavy (non-hydrogen) atoms. The Balaban J connectivity index is 1.97. The standard InChI is InChI=1S/C21H22N2O2S/c1-16-12-14-19(15-13-16)26(24,25)23-21(18-10-6-3-7-11-18)20(22)17-8-4-2-5-9-17/h2-15,20-21,23H,22H2,1H3/t20?,21-/m0/s1. The van der Waals surface area contributed by atoms with Crippen LogP contribution >= 0.6 is 0 Å². The van der Waals surface area contributed by atoms with E-state index in [4.69, 9.17) is 5.73 Å². The van der Waals surface area contributed by atoms with Crippen LogP contribution in [0.5, 0.6) is 0 Å². The van der Waals surface area contributed by atoms with Gasteiger partial charge in [-0.15, -0.1) is 0 Å². The molecule has 2 atom stereocenters. The summed E-state index contributed by atoms with van der Waals surface area (Å²) < 4.78 is 28.6. The minimum atomic E-state index is -3.71. The molecule has 0 aliphatic heterocycles. The summed E-state index contributed by atoms with van der Waals surface area (Å²) in [6.45, 7) is 1.92. The molecule has 0 aromatic heterocycles. The third-order valence-corrected chi connectivity index (χ3v) is 5.77. The van der Waals surface area contributed by atoms with Gasteiger partial charge in [0.2, 0.25) is 10.0 Å². The molecule has 0 heterocycles. The van der Waals surface area contributed by atoms with Crippen molar-refractivity contribution in [2.24, 2.45) is 5.73 Å². The lowest BCUT2D eigenvalue weighted by atomic mass is 9.95. The van der Waals surface area contributed by atoms with Crippen LogP contribution in [0.2, 0.25) is 0 Å². The molecule has 5 heteroatoms. The molecule has 3 rings (SSSR count). The monoisotopic (exact) mass is 366 g/mol. The molecule has 0 bridgehead atoms. The first-order valence-electron chi connectivity index (χ1n) is 8.42. The maximum Gasteiger partial charge on any atom is 0.241 e. The zero-order valence-corrected chi connectivity index (χ0v) is 15.4. The van der Waals surface area contributed by atoms with Gasteiger partial charge in [0.1, 0.15) is 0 Å². The highest BCUT2D eigenvalue weighted by Gasteiger charge is 2.27. The van der Waals surface area contributed by atoms with Crippen LogP contribution in [0, 0.1) is 6.92 Å². The Bertz CT molecular complexity index is 940. The third kappa shape index (κ3) is 4.19. The number of aryl methyl sites for hydroxylation is 1. The number of nitrogens with one attached hydrogen (secondary N) is 1. The summed E-state index contributed by atoms with van der Waals surface area (Å²) in [7, 11) is -3.71. The summed E-state index contributed by atoms with van der Waals surface area (Å²) in [5.74, 6) is 0. The van der Waals surface area contributed by atoms with Crippen molar-refractivity contribution in [2.45, 2.75) is 23.9 Å². The number of hydrogen-bond acceptors (Lipinski definition) is 3. The van der Waals surface area contributed by atoms with Crippen LogP contribution in [0.3, 0.4) is 0 Å². The second-order valence-corrected chi connectivity index (χ2v) is 7.97. The highest BCUT2D eigenvalue weighted by molar-refractivity contribution is 7.89. The third-order valence-electron chi connectivity index (χ3n) is 4.32. The molecule has 0 radical (unpaired) electrons. The quantitative estimate of drug-likeness (QED) is 0.698. The molecule has 0 amide bonds. The lowest BCUT2D eigenvalue weighted by Gasteiger charge is -2.26. The number of nitrogens with two attached hydrogens (primary N) is 1. The molecule has 4 nitrogen and oxygen atoms in total. The van der Waals surface area contributed by atoms with Crippen molar-refractivity contribution in [1.29, 1.82) is 0 Å². The van der Waals surface area contributed by atoms with Gasteiger partial charge >= 0.3 is 0 Å². The van der Waals surface area contributed by atoms with Crippen molar-refractivity contribution >= 4 is 10.0 Å². The Morgan fingerprint density at radius 1 is 0.769 bits per heavy atom. The van der Waals surface area contributed by atoms with Gasteiger partial charge in [-0.05, 0) is 30.2 Å². The molecule has 0 aliphatic carbocycles.